The minimum absolute atomic E-state index is 0.256. The zero-order chi connectivity index (χ0) is 19.0. The molecule has 0 aromatic heterocycles. The molecular weight excluding hydrogens is 340 g/mol. The van der Waals surface area contributed by atoms with Crippen LogP contribution in [-0.2, 0) is 26.5 Å². The van der Waals surface area contributed by atoms with Crippen molar-refractivity contribution in [3.05, 3.63) is 71.8 Å². The molecule has 2 aromatic rings. The largest absolute Gasteiger partial charge is 0.374 e. The maximum absolute atomic E-state index is 6.35. The van der Waals surface area contributed by atoms with E-state index in [9.17, 15) is 0 Å². The number of hydroxylamine groups is 1. The van der Waals surface area contributed by atoms with Gasteiger partial charge in [0.05, 0.1) is 0 Å². The van der Waals surface area contributed by atoms with E-state index in [1.165, 1.54) is 5.56 Å². The second kappa shape index (κ2) is 9.97. The number of hydrogen-bond donors (Lipinski definition) is 2. The second-order valence-corrected chi connectivity index (χ2v) is 6.90. The molecule has 1 aliphatic rings. The Morgan fingerprint density at radius 3 is 2.37 bits per heavy atom. The van der Waals surface area contributed by atoms with Crippen LogP contribution in [0.3, 0.4) is 0 Å². The SMILES string of the molecule is COC1C(CN)ONC1(OCCCCCc1ccccc1)c1ccccc1. The molecule has 0 bridgehead atoms. The van der Waals surface area contributed by atoms with Gasteiger partial charge in [0.25, 0.3) is 0 Å². The average molecular weight is 370 g/mol. The Morgan fingerprint density at radius 1 is 1.00 bits per heavy atom. The van der Waals surface area contributed by atoms with Gasteiger partial charge in [0.15, 0.2) is 5.72 Å². The summed E-state index contributed by atoms with van der Waals surface area (Å²) in [6, 6.07) is 20.6. The minimum atomic E-state index is -0.834. The molecule has 27 heavy (non-hydrogen) atoms. The van der Waals surface area contributed by atoms with Crippen molar-refractivity contribution in [3.63, 3.8) is 0 Å². The van der Waals surface area contributed by atoms with Crippen molar-refractivity contribution in [1.82, 2.24) is 5.48 Å². The summed E-state index contributed by atoms with van der Waals surface area (Å²) in [6.07, 6.45) is 3.77. The first kappa shape index (κ1) is 20.0. The molecule has 3 N–H and O–H groups in total. The summed E-state index contributed by atoms with van der Waals surface area (Å²) >= 11 is 0. The topological polar surface area (TPSA) is 65.7 Å². The highest BCUT2D eigenvalue weighted by Crippen LogP contribution is 2.36. The van der Waals surface area contributed by atoms with Crippen LogP contribution in [-0.4, -0.2) is 32.5 Å². The lowest BCUT2D eigenvalue weighted by molar-refractivity contribution is -0.154. The summed E-state index contributed by atoms with van der Waals surface area (Å²) in [5.41, 5.74) is 10.5. The lowest BCUT2D eigenvalue weighted by atomic mass is 9.94. The van der Waals surface area contributed by atoms with E-state index >= 15 is 0 Å². The predicted octanol–water partition coefficient (Wildman–Crippen LogP) is 3.15. The molecule has 146 valence electrons. The number of nitrogens with two attached hydrogens (primary N) is 1. The normalized spacial score (nSPS) is 25.0. The van der Waals surface area contributed by atoms with E-state index in [0.717, 1.165) is 31.2 Å². The smallest absolute Gasteiger partial charge is 0.195 e. The Labute approximate surface area is 161 Å². The molecule has 0 saturated carbocycles. The monoisotopic (exact) mass is 370 g/mol. The third-order valence-corrected chi connectivity index (χ3v) is 5.07. The molecule has 0 spiro atoms. The van der Waals surface area contributed by atoms with E-state index in [0.29, 0.717) is 13.2 Å². The highest BCUT2D eigenvalue weighted by Gasteiger charge is 2.52. The molecule has 1 aliphatic heterocycles. The molecule has 0 amide bonds. The van der Waals surface area contributed by atoms with E-state index in [2.05, 4.69) is 35.8 Å². The molecule has 0 radical (unpaired) electrons. The molecule has 1 heterocycles. The number of unbranched alkanes of at least 4 members (excludes halogenated alkanes) is 2. The van der Waals surface area contributed by atoms with Gasteiger partial charge in [-0.2, -0.15) is 5.48 Å². The Bertz CT molecular complexity index is 668. The molecule has 3 rings (SSSR count). The predicted molar refractivity (Wildman–Crippen MR) is 106 cm³/mol. The second-order valence-electron chi connectivity index (χ2n) is 6.90. The summed E-state index contributed by atoms with van der Waals surface area (Å²) in [4.78, 5) is 5.69. The van der Waals surface area contributed by atoms with Gasteiger partial charge in [-0.05, 0) is 24.8 Å². The van der Waals surface area contributed by atoms with E-state index in [1.54, 1.807) is 7.11 Å². The van der Waals surface area contributed by atoms with E-state index < -0.39 is 5.72 Å². The maximum atomic E-state index is 6.35. The molecule has 1 fully saturated rings. The van der Waals surface area contributed by atoms with Gasteiger partial charge in [0, 0.05) is 25.8 Å². The molecule has 2 aromatic carbocycles. The Morgan fingerprint density at radius 2 is 1.70 bits per heavy atom. The van der Waals surface area contributed by atoms with Crippen LogP contribution in [0.1, 0.15) is 30.4 Å². The van der Waals surface area contributed by atoms with Gasteiger partial charge in [-0.15, -0.1) is 0 Å². The first-order chi connectivity index (χ1) is 13.3. The molecule has 0 aliphatic carbocycles. The van der Waals surface area contributed by atoms with E-state index in [-0.39, 0.29) is 12.2 Å². The van der Waals surface area contributed by atoms with Crippen LogP contribution in [0.15, 0.2) is 60.7 Å². The number of aryl methyl sites for hydroxylation is 1. The lowest BCUT2D eigenvalue weighted by Crippen LogP contribution is -2.50. The highest BCUT2D eigenvalue weighted by molar-refractivity contribution is 5.25. The Kier molecular flexibility index (Phi) is 7.38. The zero-order valence-corrected chi connectivity index (χ0v) is 16.0. The molecule has 3 unspecified atom stereocenters. The van der Waals surface area contributed by atoms with Crippen LogP contribution in [0.5, 0.6) is 0 Å². The summed E-state index contributed by atoms with van der Waals surface area (Å²) in [6.45, 7) is 0.984. The molecule has 1 saturated heterocycles. The van der Waals surface area contributed by atoms with E-state index in [1.807, 2.05) is 30.3 Å². The standard InChI is InChI=1S/C22H30N2O3/c1-25-21-20(17-23)27-24-22(21,19-14-8-3-9-15-19)26-16-10-4-7-13-18-11-5-2-6-12-18/h2-3,5-6,8-9,11-12,14-15,20-21,24H,4,7,10,13,16-17,23H2,1H3. The van der Waals surface area contributed by atoms with Crippen molar-refractivity contribution in [3.8, 4) is 0 Å². The number of hydrogen-bond acceptors (Lipinski definition) is 5. The van der Waals surface area contributed by atoms with Crippen molar-refractivity contribution in [2.75, 3.05) is 20.3 Å². The van der Waals surface area contributed by atoms with Crippen molar-refractivity contribution >= 4 is 0 Å². The third kappa shape index (κ3) is 4.75. The fraction of sp³-hybridized carbons (Fsp3) is 0.455. The Balaban J connectivity index is 1.56. The summed E-state index contributed by atoms with van der Waals surface area (Å²) in [5, 5.41) is 0. The number of benzene rings is 2. The van der Waals surface area contributed by atoms with Crippen LogP contribution >= 0.6 is 0 Å². The van der Waals surface area contributed by atoms with Gasteiger partial charge in [-0.1, -0.05) is 67.1 Å². The van der Waals surface area contributed by atoms with Crippen LogP contribution < -0.4 is 11.2 Å². The summed E-state index contributed by atoms with van der Waals surface area (Å²) < 4.78 is 12.1. The van der Waals surface area contributed by atoms with Crippen LogP contribution in [0.2, 0.25) is 0 Å². The third-order valence-electron chi connectivity index (χ3n) is 5.07. The van der Waals surface area contributed by atoms with Crippen molar-refractivity contribution in [1.29, 1.82) is 0 Å². The number of methoxy groups -OCH3 is 1. The van der Waals surface area contributed by atoms with Gasteiger partial charge in [-0.3, -0.25) is 4.84 Å². The Hall–Kier alpha value is -1.76. The van der Waals surface area contributed by atoms with Crippen molar-refractivity contribution in [2.45, 2.75) is 43.6 Å². The zero-order valence-electron chi connectivity index (χ0n) is 16.0. The molecule has 5 nitrogen and oxygen atoms in total. The first-order valence-electron chi connectivity index (χ1n) is 9.69. The first-order valence-corrected chi connectivity index (χ1v) is 9.69. The van der Waals surface area contributed by atoms with Crippen molar-refractivity contribution < 1.29 is 14.3 Å². The lowest BCUT2D eigenvalue weighted by Gasteiger charge is -2.34. The van der Waals surface area contributed by atoms with Crippen molar-refractivity contribution in [2.24, 2.45) is 5.73 Å². The fourth-order valence-electron chi connectivity index (χ4n) is 3.62. The summed E-state index contributed by atoms with van der Waals surface area (Å²) in [5.74, 6) is 0. The van der Waals surface area contributed by atoms with Gasteiger partial charge in [0.2, 0.25) is 0 Å². The van der Waals surface area contributed by atoms with Gasteiger partial charge in [0.1, 0.15) is 12.2 Å². The van der Waals surface area contributed by atoms with Crippen LogP contribution in [0, 0.1) is 0 Å². The van der Waals surface area contributed by atoms with Gasteiger partial charge >= 0.3 is 0 Å². The van der Waals surface area contributed by atoms with Crippen LogP contribution in [0.4, 0.5) is 0 Å². The molecular formula is C22H30N2O3. The highest BCUT2D eigenvalue weighted by atomic mass is 16.7. The van der Waals surface area contributed by atoms with Gasteiger partial charge in [-0.25, -0.2) is 0 Å². The quantitative estimate of drug-likeness (QED) is 0.629. The van der Waals surface area contributed by atoms with Gasteiger partial charge < -0.3 is 15.2 Å². The van der Waals surface area contributed by atoms with Crippen LogP contribution in [0.25, 0.3) is 0 Å². The fourth-order valence-corrected chi connectivity index (χ4v) is 3.62. The summed E-state index contributed by atoms with van der Waals surface area (Å²) in [7, 11) is 1.67. The van der Waals surface area contributed by atoms with E-state index in [4.69, 9.17) is 20.0 Å². The number of rotatable bonds is 10. The minimum Gasteiger partial charge on any atom is -0.374 e. The maximum Gasteiger partial charge on any atom is 0.195 e. The molecule has 5 heteroatoms. The number of nitrogens with one attached hydrogen (secondary N) is 1. The average Bonchev–Trinajstić information content (AvgIpc) is 3.10. The molecule has 3 atom stereocenters. The number of ether oxygens (including phenoxy) is 2.